The van der Waals surface area contributed by atoms with E-state index in [1.807, 2.05) is 35.2 Å². The number of amides is 3. The number of nitrogens with two attached hydrogens (primary N) is 1. The Morgan fingerprint density at radius 3 is 2.04 bits per heavy atom. The SMILES string of the molecule is NC(=O)C1CCN(C(=O)C2CCN(C(=O)COc3ccccc3)CC2)CC1. The number of carbonyl (C=O) groups is 3. The third-order valence-corrected chi connectivity index (χ3v) is 5.51. The molecular formula is C20H27N3O4. The van der Waals surface area contributed by atoms with Gasteiger partial charge in [-0.2, -0.15) is 0 Å². The molecule has 0 aliphatic carbocycles. The number of primary amides is 1. The van der Waals surface area contributed by atoms with Gasteiger partial charge in [0.2, 0.25) is 11.8 Å². The van der Waals surface area contributed by atoms with Crippen LogP contribution in [0.15, 0.2) is 30.3 Å². The number of hydrogen-bond acceptors (Lipinski definition) is 4. The summed E-state index contributed by atoms with van der Waals surface area (Å²) in [6.45, 7) is 2.35. The molecule has 1 aromatic rings. The second-order valence-electron chi connectivity index (χ2n) is 7.26. The number of para-hydroxylation sites is 1. The fourth-order valence-electron chi connectivity index (χ4n) is 3.77. The van der Waals surface area contributed by atoms with E-state index < -0.39 is 0 Å². The number of likely N-dealkylation sites (tertiary alicyclic amines) is 2. The van der Waals surface area contributed by atoms with Crippen LogP contribution < -0.4 is 10.5 Å². The number of hydrogen-bond donors (Lipinski definition) is 1. The lowest BCUT2D eigenvalue weighted by molar-refractivity contribution is -0.143. The van der Waals surface area contributed by atoms with Crippen molar-refractivity contribution < 1.29 is 19.1 Å². The molecule has 27 heavy (non-hydrogen) atoms. The Morgan fingerprint density at radius 1 is 0.889 bits per heavy atom. The molecular weight excluding hydrogens is 346 g/mol. The summed E-state index contributed by atoms with van der Waals surface area (Å²) in [5.41, 5.74) is 5.35. The third kappa shape index (κ3) is 4.99. The third-order valence-electron chi connectivity index (χ3n) is 5.51. The molecule has 2 fully saturated rings. The molecule has 2 aliphatic heterocycles. The minimum atomic E-state index is -0.272. The molecule has 2 aliphatic rings. The lowest BCUT2D eigenvalue weighted by atomic mass is 9.92. The number of benzene rings is 1. The van der Waals surface area contributed by atoms with E-state index in [9.17, 15) is 14.4 Å². The number of nitrogens with zero attached hydrogens (tertiary/aromatic N) is 2. The van der Waals surface area contributed by atoms with Crippen LogP contribution in [0.2, 0.25) is 0 Å². The van der Waals surface area contributed by atoms with Gasteiger partial charge in [0, 0.05) is 38.0 Å². The van der Waals surface area contributed by atoms with E-state index in [2.05, 4.69) is 0 Å². The zero-order chi connectivity index (χ0) is 19.2. The van der Waals surface area contributed by atoms with Crippen molar-refractivity contribution in [1.29, 1.82) is 0 Å². The number of rotatable bonds is 5. The summed E-state index contributed by atoms with van der Waals surface area (Å²) in [6.07, 6.45) is 2.64. The predicted octanol–water partition coefficient (Wildman–Crippen LogP) is 1.03. The normalized spacial score (nSPS) is 19.0. The summed E-state index contributed by atoms with van der Waals surface area (Å²) < 4.78 is 5.52. The van der Waals surface area contributed by atoms with Crippen LogP contribution in [-0.4, -0.2) is 60.3 Å². The molecule has 3 amide bonds. The van der Waals surface area contributed by atoms with Crippen LogP contribution in [0.5, 0.6) is 5.75 Å². The molecule has 0 unspecified atom stereocenters. The van der Waals surface area contributed by atoms with Gasteiger partial charge >= 0.3 is 0 Å². The minimum absolute atomic E-state index is 0.0171. The van der Waals surface area contributed by atoms with Crippen molar-refractivity contribution >= 4 is 17.7 Å². The molecule has 1 aromatic carbocycles. The van der Waals surface area contributed by atoms with Gasteiger partial charge in [-0.25, -0.2) is 0 Å². The Balaban J connectivity index is 1.41. The van der Waals surface area contributed by atoms with Gasteiger partial charge in [0.05, 0.1) is 0 Å². The Labute approximate surface area is 159 Å². The lowest BCUT2D eigenvalue weighted by Gasteiger charge is -2.36. The topological polar surface area (TPSA) is 92.9 Å². The first-order valence-corrected chi connectivity index (χ1v) is 9.58. The number of carbonyl (C=O) groups excluding carboxylic acids is 3. The highest BCUT2D eigenvalue weighted by Crippen LogP contribution is 2.24. The number of piperidine rings is 2. The molecule has 2 heterocycles. The maximum absolute atomic E-state index is 12.7. The molecule has 0 bridgehead atoms. The monoisotopic (exact) mass is 373 g/mol. The van der Waals surface area contributed by atoms with Gasteiger partial charge in [0.1, 0.15) is 5.75 Å². The molecule has 0 spiro atoms. The minimum Gasteiger partial charge on any atom is -0.484 e. The van der Waals surface area contributed by atoms with Crippen molar-refractivity contribution in [1.82, 2.24) is 9.80 Å². The van der Waals surface area contributed by atoms with E-state index in [4.69, 9.17) is 10.5 Å². The van der Waals surface area contributed by atoms with Crippen LogP contribution in [0, 0.1) is 11.8 Å². The van der Waals surface area contributed by atoms with Crippen LogP contribution in [0.4, 0.5) is 0 Å². The van der Waals surface area contributed by atoms with Crippen molar-refractivity contribution in [2.24, 2.45) is 17.6 Å². The molecule has 0 saturated carbocycles. The van der Waals surface area contributed by atoms with Gasteiger partial charge in [-0.3, -0.25) is 14.4 Å². The number of ether oxygens (including phenoxy) is 1. The van der Waals surface area contributed by atoms with Gasteiger partial charge < -0.3 is 20.3 Å². The Hall–Kier alpha value is -2.57. The van der Waals surface area contributed by atoms with E-state index in [1.54, 1.807) is 4.90 Å². The zero-order valence-corrected chi connectivity index (χ0v) is 15.5. The molecule has 146 valence electrons. The summed E-state index contributed by atoms with van der Waals surface area (Å²) in [5, 5.41) is 0. The van der Waals surface area contributed by atoms with Gasteiger partial charge in [0.25, 0.3) is 5.91 Å². The van der Waals surface area contributed by atoms with E-state index in [0.29, 0.717) is 57.6 Å². The average molecular weight is 373 g/mol. The van der Waals surface area contributed by atoms with Crippen LogP contribution in [0.25, 0.3) is 0 Å². The van der Waals surface area contributed by atoms with E-state index in [1.165, 1.54) is 0 Å². The van der Waals surface area contributed by atoms with Crippen LogP contribution >= 0.6 is 0 Å². The molecule has 0 radical (unpaired) electrons. The molecule has 2 N–H and O–H groups in total. The smallest absolute Gasteiger partial charge is 0.260 e. The summed E-state index contributed by atoms with van der Waals surface area (Å²) in [4.78, 5) is 39.9. The molecule has 3 rings (SSSR count). The van der Waals surface area contributed by atoms with E-state index in [0.717, 1.165) is 0 Å². The summed E-state index contributed by atoms with van der Waals surface area (Å²) in [7, 11) is 0. The van der Waals surface area contributed by atoms with Crippen LogP contribution in [-0.2, 0) is 14.4 Å². The molecule has 0 aromatic heterocycles. The molecule has 7 heteroatoms. The summed E-state index contributed by atoms with van der Waals surface area (Å²) in [6, 6.07) is 9.26. The van der Waals surface area contributed by atoms with Crippen LogP contribution in [0.3, 0.4) is 0 Å². The van der Waals surface area contributed by atoms with Gasteiger partial charge in [0.15, 0.2) is 6.61 Å². The first kappa shape index (κ1) is 19.2. The van der Waals surface area contributed by atoms with E-state index in [-0.39, 0.29) is 36.2 Å². The predicted molar refractivity (Wildman–Crippen MR) is 99.7 cm³/mol. The quantitative estimate of drug-likeness (QED) is 0.834. The van der Waals surface area contributed by atoms with Crippen molar-refractivity contribution in [2.45, 2.75) is 25.7 Å². The fourth-order valence-corrected chi connectivity index (χ4v) is 3.77. The van der Waals surface area contributed by atoms with Crippen LogP contribution in [0.1, 0.15) is 25.7 Å². The molecule has 0 atom stereocenters. The molecule has 2 saturated heterocycles. The molecule has 7 nitrogen and oxygen atoms in total. The lowest BCUT2D eigenvalue weighted by Crippen LogP contribution is -2.48. The van der Waals surface area contributed by atoms with Gasteiger partial charge in [-0.05, 0) is 37.8 Å². The summed E-state index contributed by atoms with van der Waals surface area (Å²) in [5.74, 6) is 0.340. The Kier molecular flexibility index (Phi) is 6.32. The highest BCUT2D eigenvalue weighted by Gasteiger charge is 2.33. The Morgan fingerprint density at radius 2 is 1.44 bits per heavy atom. The highest BCUT2D eigenvalue weighted by atomic mass is 16.5. The van der Waals surface area contributed by atoms with E-state index >= 15 is 0 Å². The van der Waals surface area contributed by atoms with Crippen molar-refractivity contribution in [3.8, 4) is 5.75 Å². The second kappa shape index (κ2) is 8.88. The highest BCUT2D eigenvalue weighted by molar-refractivity contribution is 5.81. The first-order valence-electron chi connectivity index (χ1n) is 9.58. The maximum atomic E-state index is 12.7. The fraction of sp³-hybridized carbons (Fsp3) is 0.550. The first-order chi connectivity index (χ1) is 13.0. The summed E-state index contributed by atoms with van der Waals surface area (Å²) >= 11 is 0. The Bertz CT molecular complexity index is 663. The zero-order valence-electron chi connectivity index (χ0n) is 15.5. The van der Waals surface area contributed by atoms with Crippen molar-refractivity contribution in [3.63, 3.8) is 0 Å². The maximum Gasteiger partial charge on any atom is 0.260 e. The van der Waals surface area contributed by atoms with Crippen molar-refractivity contribution in [2.75, 3.05) is 32.8 Å². The van der Waals surface area contributed by atoms with Gasteiger partial charge in [-0.15, -0.1) is 0 Å². The average Bonchev–Trinajstić information content (AvgIpc) is 2.72. The second-order valence-corrected chi connectivity index (χ2v) is 7.26. The van der Waals surface area contributed by atoms with Gasteiger partial charge in [-0.1, -0.05) is 18.2 Å². The standard InChI is InChI=1S/C20H27N3O4/c21-19(25)15-6-12-23(13-7-15)20(26)16-8-10-22(11-9-16)18(24)14-27-17-4-2-1-3-5-17/h1-5,15-16H,6-14H2,(H2,21,25). The van der Waals surface area contributed by atoms with Crippen molar-refractivity contribution in [3.05, 3.63) is 30.3 Å². The largest absolute Gasteiger partial charge is 0.484 e.